The third kappa shape index (κ3) is 3.07. The highest BCUT2D eigenvalue weighted by Crippen LogP contribution is 2.30. The van der Waals surface area contributed by atoms with Crippen molar-refractivity contribution >= 4 is 0 Å². The highest BCUT2D eigenvalue weighted by atomic mass is 15.3. The SMILES string of the molecule is Cc1cnn(CCCN2CCCC2c2ccccn2)c1. The Hall–Kier alpha value is -1.68. The van der Waals surface area contributed by atoms with Gasteiger partial charge in [0.2, 0.25) is 0 Å². The summed E-state index contributed by atoms with van der Waals surface area (Å²) in [6, 6.07) is 6.74. The number of aromatic nitrogens is 3. The molecule has 3 rings (SSSR count). The molecule has 4 nitrogen and oxygen atoms in total. The van der Waals surface area contributed by atoms with E-state index in [1.165, 1.54) is 30.6 Å². The van der Waals surface area contributed by atoms with Crippen molar-refractivity contribution in [3.05, 3.63) is 48.0 Å². The van der Waals surface area contributed by atoms with Crippen molar-refractivity contribution in [1.29, 1.82) is 0 Å². The van der Waals surface area contributed by atoms with E-state index < -0.39 is 0 Å². The number of nitrogens with zero attached hydrogens (tertiary/aromatic N) is 4. The van der Waals surface area contributed by atoms with Gasteiger partial charge in [0.15, 0.2) is 0 Å². The summed E-state index contributed by atoms with van der Waals surface area (Å²) >= 11 is 0. The molecule has 0 spiro atoms. The Balaban J connectivity index is 1.54. The van der Waals surface area contributed by atoms with Gasteiger partial charge in [0, 0.05) is 25.5 Å². The molecule has 1 atom stereocenters. The van der Waals surface area contributed by atoms with Gasteiger partial charge in [-0.05, 0) is 50.4 Å². The molecule has 2 aromatic heterocycles. The second kappa shape index (κ2) is 6.18. The fourth-order valence-corrected chi connectivity index (χ4v) is 3.03. The van der Waals surface area contributed by atoms with Crippen molar-refractivity contribution in [1.82, 2.24) is 19.7 Å². The zero-order chi connectivity index (χ0) is 13.8. The van der Waals surface area contributed by atoms with Crippen LogP contribution in [-0.4, -0.2) is 32.8 Å². The van der Waals surface area contributed by atoms with Crippen LogP contribution in [0.25, 0.3) is 0 Å². The number of pyridine rings is 1. The summed E-state index contributed by atoms with van der Waals surface area (Å²) in [5.74, 6) is 0. The minimum Gasteiger partial charge on any atom is -0.295 e. The first-order valence-corrected chi connectivity index (χ1v) is 7.47. The van der Waals surface area contributed by atoms with Crippen LogP contribution in [0.2, 0.25) is 0 Å². The molecule has 1 saturated heterocycles. The Bertz CT molecular complexity index is 534. The van der Waals surface area contributed by atoms with Crippen LogP contribution in [0.15, 0.2) is 36.8 Å². The van der Waals surface area contributed by atoms with Crippen LogP contribution in [0.4, 0.5) is 0 Å². The van der Waals surface area contributed by atoms with Gasteiger partial charge >= 0.3 is 0 Å². The van der Waals surface area contributed by atoms with E-state index >= 15 is 0 Å². The normalized spacial score (nSPS) is 19.6. The number of hydrogen-bond acceptors (Lipinski definition) is 3. The van der Waals surface area contributed by atoms with Crippen molar-refractivity contribution in [2.24, 2.45) is 0 Å². The van der Waals surface area contributed by atoms with Gasteiger partial charge in [-0.1, -0.05) is 6.07 Å². The molecule has 0 aromatic carbocycles. The monoisotopic (exact) mass is 270 g/mol. The van der Waals surface area contributed by atoms with E-state index in [1.807, 2.05) is 23.1 Å². The lowest BCUT2D eigenvalue weighted by molar-refractivity contribution is 0.244. The minimum atomic E-state index is 0.510. The molecule has 4 heteroatoms. The molecule has 0 N–H and O–H groups in total. The average molecular weight is 270 g/mol. The summed E-state index contributed by atoms with van der Waals surface area (Å²) in [7, 11) is 0. The van der Waals surface area contributed by atoms with Gasteiger partial charge in [-0.25, -0.2) is 0 Å². The molecule has 0 amide bonds. The molecule has 1 aliphatic rings. The molecule has 2 aromatic rings. The van der Waals surface area contributed by atoms with E-state index in [0.717, 1.165) is 19.5 Å². The zero-order valence-electron chi connectivity index (χ0n) is 12.1. The Morgan fingerprint density at radius 2 is 2.25 bits per heavy atom. The highest BCUT2D eigenvalue weighted by Gasteiger charge is 2.26. The van der Waals surface area contributed by atoms with E-state index in [-0.39, 0.29) is 0 Å². The van der Waals surface area contributed by atoms with Gasteiger partial charge in [0.05, 0.1) is 17.9 Å². The predicted octanol–water partition coefficient (Wildman–Crippen LogP) is 2.81. The maximum atomic E-state index is 4.52. The highest BCUT2D eigenvalue weighted by molar-refractivity contribution is 5.10. The molecule has 1 fully saturated rings. The minimum absolute atomic E-state index is 0.510. The fraction of sp³-hybridized carbons (Fsp3) is 0.500. The lowest BCUT2D eigenvalue weighted by atomic mass is 10.1. The van der Waals surface area contributed by atoms with Crippen molar-refractivity contribution in [3.63, 3.8) is 0 Å². The van der Waals surface area contributed by atoms with E-state index in [9.17, 15) is 0 Å². The summed E-state index contributed by atoms with van der Waals surface area (Å²) in [6.45, 7) is 5.40. The fourth-order valence-electron chi connectivity index (χ4n) is 3.03. The molecule has 20 heavy (non-hydrogen) atoms. The van der Waals surface area contributed by atoms with Gasteiger partial charge < -0.3 is 0 Å². The first kappa shape index (κ1) is 13.3. The summed E-state index contributed by atoms with van der Waals surface area (Å²) in [5, 5.41) is 4.34. The van der Waals surface area contributed by atoms with Gasteiger partial charge in [0.1, 0.15) is 0 Å². The second-order valence-electron chi connectivity index (χ2n) is 5.58. The number of rotatable bonds is 5. The quantitative estimate of drug-likeness (QED) is 0.838. The topological polar surface area (TPSA) is 34.0 Å². The molecular formula is C16H22N4. The Kier molecular flexibility index (Phi) is 4.11. The van der Waals surface area contributed by atoms with Crippen molar-refractivity contribution in [2.45, 2.75) is 38.8 Å². The third-order valence-electron chi connectivity index (χ3n) is 3.99. The van der Waals surface area contributed by atoms with Crippen molar-refractivity contribution in [2.75, 3.05) is 13.1 Å². The molecule has 0 saturated carbocycles. The Labute approximate surface area is 120 Å². The van der Waals surface area contributed by atoms with E-state index in [0.29, 0.717) is 6.04 Å². The lowest BCUT2D eigenvalue weighted by Gasteiger charge is -2.23. The summed E-state index contributed by atoms with van der Waals surface area (Å²) < 4.78 is 2.04. The van der Waals surface area contributed by atoms with E-state index in [4.69, 9.17) is 0 Å². The van der Waals surface area contributed by atoms with Gasteiger partial charge in [0.25, 0.3) is 0 Å². The smallest absolute Gasteiger partial charge is 0.0575 e. The first-order valence-electron chi connectivity index (χ1n) is 7.47. The van der Waals surface area contributed by atoms with Crippen LogP contribution >= 0.6 is 0 Å². The van der Waals surface area contributed by atoms with Crippen LogP contribution < -0.4 is 0 Å². The molecule has 0 bridgehead atoms. The van der Waals surface area contributed by atoms with Crippen LogP contribution in [-0.2, 0) is 6.54 Å². The van der Waals surface area contributed by atoms with E-state index in [2.05, 4.69) is 40.2 Å². The maximum absolute atomic E-state index is 4.52. The van der Waals surface area contributed by atoms with Crippen molar-refractivity contribution < 1.29 is 0 Å². The molecular weight excluding hydrogens is 248 g/mol. The molecule has 0 aliphatic carbocycles. The van der Waals surface area contributed by atoms with Crippen LogP contribution in [0, 0.1) is 6.92 Å². The molecule has 3 heterocycles. The lowest BCUT2D eigenvalue weighted by Crippen LogP contribution is -2.25. The van der Waals surface area contributed by atoms with E-state index in [1.54, 1.807) is 0 Å². The first-order chi connectivity index (χ1) is 9.83. The molecule has 1 unspecified atom stereocenters. The molecule has 0 radical (unpaired) electrons. The average Bonchev–Trinajstić information content (AvgIpc) is 3.09. The Morgan fingerprint density at radius 1 is 1.30 bits per heavy atom. The second-order valence-corrected chi connectivity index (χ2v) is 5.58. The maximum Gasteiger partial charge on any atom is 0.0575 e. The Morgan fingerprint density at radius 3 is 3.00 bits per heavy atom. The number of aryl methyl sites for hydroxylation is 2. The van der Waals surface area contributed by atoms with Gasteiger partial charge in [-0.3, -0.25) is 14.6 Å². The summed E-state index contributed by atoms with van der Waals surface area (Å²) in [4.78, 5) is 7.09. The summed E-state index contributed by atoms with van der Waals surface area (Å²) in [6.07, 6.45) is 9.59. The van der Waals surface area contributed by atoms with Gasteiger partial charge in [-0.15, -0.1) is 0 Å². The molecule has 106 valence electrons. The largest absolute Gasteiger partial charge is 0.295 e. The van der Waals surface area contributed by atoms with Crippen LogP contribution in [0.3, 0.4) is 0 Å². The standard InChI is InChI=1S/C16H22N4/c1-14-12-18-20(13-14)11-5-10-19-9-4-7-16(19)15-6-2-3-8-17-15/h2-3,6,8,12-13,16H,4-5,7,9-11H2,1H3. The predicted molar refractivity (Wildman–Crippen MR) is 79.4 cm³/mol. The summed E-state index contributed by atoms with van der Waals surface area (Å²) in [5.41, 5.74) is 2.46. The number of hydrogen-bond donors (Lipinski definition) is 0. The van der Waals surface area contributed by atoms with Gasteiger partial charge in [-0.2, -0.15) is 5.10 Å². The van der Waals surface area contributed by atoms with Crippen LogP contribution in [0.1, 0.15) is 36.6 Å². The zero-order valence-corrected chi connectivity index (χ0v) is 12.1. The molecule has 1 aliphatic heterocycles. The van der Waals surface area contributed by atoms with Crippen LogP contribution in [0.5, 0.6) is 0 Å². The van der Waals surface area contributed by atoms with Crippen molar-refractivity contribution in [3.8, 4) is 0 Å². The third-order valence-corrected chi connectivity index (χ3v) is 3.99. The number of likely N-dealkylation sites (tertiary alicyclic amines) is 1.